The van der Waals surface area contributed by atoms with E-state index >= 15 is 0 Å². The van der Waals surface area contributed by atoms with Crippen LogP contribution in [0.3, 0.4) is 0 Å². The SMILES string of the molecule is O=S(=O)(CCCCCCCCS(=O)(=O)c1ccc(Cl)cc1)c1ccc(Cl)cc1. The smallest absolute Gasteiger partial charge is 0.178 e. The van der Waals surface area contributed by atoms with Crippen molar-refractivity contribution in [3.8, 4) is 0 Å². The molecule has 0 fully saturated rings. The predicted molar refractivity (Wildman–Crippen MR) is 115 cm³/mol. The van der Waals surface area contributed by atoms with Gasteiger partial charge >= 0.3 is 0 Å². The average molecular weight is 463 g/mol. The molecule has 2 aromatic rings. The van der Waals surface area contributed by atoms with Gasteiger partial charge in [0.1, 0.15) is 0 Å². The summed E-state index contributed by atoms with van der Waals surface area (Å²) in [5.74, 6) is 0.221. The fraction of sp³-hybridized carbons (Fsp3) is 0.400. The maximum atomic E-state index is 12.2. The van der Waals surface area contributed by atoms with E-state index in [0.29, 0.717) is 32.7 Å². The molecule has 0 aliphatic heterocycles. The Balaban J connectivity index is 1.63. The molecule has 0 aromatic heterocycles. The van der Waals surface area contributed by atoms with Crippen LogP contribution in [0.4, 0.5) is 0 Å². The second-order valence-corrected chi connectivity index (χ2v) is 11.8. The molecule has 0 saturated carbocycles. The second-order valence-electron chi connectivity index (χ2n) is 6.67. The summed E-state index contributed by atoms with van der Waals surface area (Å²) in [6.07, 6.45) is 4.56. The largest absolute Gasteiger partial charge is 0.224 e. The maximum Gasteiger partial charge on any atom is 0.178 e. The topological polar surface area (TPSA) is 68.3 Å². The molecule has 0 unspecified atom stereocenters. The molecule has 2 aromatic carbocycles. The lowest BCUT2D eigenvalue weighted by atomic mass is 10.1. The van der Waals surface area contributed by atoms with Crippen molar-refractivity contribution in [2.75, 3.05) is 11.5 Å². The standard InChI is InChI=1S/C20H24Cl2O4S2/c21-17-7-11-19(12-8-17)27(23,24)15-5-3-1-2-4-6-16-28(25,26)20-13-9-18(22)10-14-20/h7-14H,1-6,15-16H2. The highest BCUT2D eigenvalue weighted by atomic mass is 35.5. The summed E-state index contributed by atoms with van der Waals surface area (Å²) < 4.78 is 48.9. The monoisotopic (exact) mass is 462 g/mol. The van der Waals surface area contributed by atoms with Crippen LogP contribution in [0.25, 0.3) is 0 Å². The average Bonchev–Trinajstić information content (AvgIpc) is 2.64. The van der Waals surface area contributed by atoms with Crippen molar-refractivity contribution in [2.24, 2.45) is 0 Å². The van der Waals surface area contributed by atoms with Gasteiger partial charge in [0.15, 0.2) is 19.7 Å². The number of rotatable bonds is 11. The van der Waals surface area contributed by atoms with Crippen LogP contribution < -0.4 is 0 Å². The van der Waals surface area contributed by atoms with Gasteiger partial charge in [0, 0.05) is 10.0 Å². The summed E-state index contributed by atoms with van der Waals surface area (Å²) in [4.78, 5) is 0.591. The molecule has 4 nitrogen and oxygen atoms in total. The summed E-state index contributed by atoms with van der Waals surface area (Å²) in [5.41, 5.74) is 0. The summed E-state index contributed by atoms with van der Waals surface area (Å²) in [7, 11) is -6.55. The zero-order valence-electron chi connectivity index (χ0n) is 15.5. The molecule has 154 valence electrons. The Hall–Kier alpha value is -1.08. The first kappa shape index (κ1) is 23.2. The van der Waals surface area contributed by atoms with Gasteiger partial charge in [0.05, 0.1) is 21.3 Å². The molecule has 2 rings (SSSR count). The van der Waals surface area contributed by atoms with E-state index in [-0.39, 0.29) is 11.5 Å². The van der Waals surface area contributed by atoms with E-state index in [2.05, 4.69) is 0 Å². The number of hydrogen-bond acceptors (Lipinski definition) is 4. The summed E-state index contributed by atoms with van der Waals surface area (Å²) >= 11 is 11.6. The van der Waals surface area contributed by atoms with Crippen molar-refractivity contribution in [2.45, 2.75) is 48.3 Å². The van der Waals surface area contributed by atoms with Crippen LogP contribution in [-0.4, -0.2) is 28.3 Å². The first-order chi connectivity index (χ1) is 13.2. The highest BCUT2D eigenvalue weighted by Gasteiger charge is 2.14. The van der Waals surface area contributed by atoms with Crippen LogP contribution in [0.2, 0.25) is 10.0 Å². The van der Waals surface area contributed by atoms with E-state index in [1.807, 2.05) is 0 Å². The molecule has 0 aliphatic rings. The first-order valence-corrected chi connectivity index (χ1v) is 13.2. The van der Waals surface area contributed by atoms with Gasteiger partial charge in [-0.15, -0.1) is 0 Å². The molecular formula is C20H24Cl2O4S2. The molecule has 8 heteroatoms. The lowest BCUT2D eigenvalue weighted by Gasteiger charge is -2.06. The molecule has 0 atom stereocenters. The normalized spacial score (nSPS) is 12.2. The van der Waals surface area contributed by atoms with Crippen LogP contribution in [-0.2, 0) is 19.7 Å². The Bertz CT molecular complexity index is 871. The molecule has 0 bridgehead atoms. The fourth-order valence-electron chi connectivity index (χ4n) is 2.81. The highest BCUT2D eigenvalue weighted by molar-refractivity contribution is 7.91. The third kappa shape index (κ3) is 7.39. The minimum Gasteiger partial charge on any atom is -0.224 e. The molecule has 0 amide bonds. The van der Waals surface area contributed by atoms with E-state index < -0.39 is 19.7 Å². The van der Waals surface area contributed by atoms with Crippen LogP contribution in [0.5, 0.6) is 0 Å². The zero-order chi connectivity index (χ0) is 20.6. The third-order valence-corrected chi connectivity index (χ3v) is 8.56. The van der Waals surface area contributed by atoms with Crippen molar-refractivity contribution in [3.63, 3.8) is 0 Å². The van der Waals surface area contributed by atoms with Gasteiger partial charge in [-0.05, 0) is 61.4 Å². The summed E-state index contributed by atoms with van der Waals surface area (Å²) in [6, 6.07) is 12.4. The Labute approximate surface area is 177 Å². The summed E-state index contributed by atoms with van der Waals surface area (Å²) in [5, 5.41) is 1.02. The van der Waals surface area contributed by atoms with Gasteiger partial charge in [0.25, 0.3) is 0 Å². The molecular weight excluding hydrogens is 439 g/mol. The third-order valence-electron chi connectivity index (χ3n) is 4.42. The number of sulfone groups is 2. The number of halogens is 2. The van der Waals surface area contributed by atoms with Crippen LogP contribution in [0.15, 0.2) is 58.3 Å². The molecule has 0 spiro atoms. The molecule has 0 N–H and O–H groups in total. The Morgan fingerprint density at radius 1 is 0.500 bits per heavy atom. The predicted octanol–water partition coefficient (Wildman–Crippen LogP) is 5.58. The van der Waals surface area contributed by atoms with E-state index in [1.54, 1.807) is 24.3 Å². The van der Waals surface area contributed by atoms with Gasteiger partial charge in [0.2, 0.25) is 0 Å². The van der Waals surface area contributed by atoms with Gasteiger partial charge in [-0.25, -0.2) is 16.8 Å². The van der Waals surface area contributed by atoms with Crippen molar-refractivity contribution < 1.29 is 16.8 Å². The minimum atomic E-state index is -3.27. The number of unbranched alkanes of at least 4 members (excludes halogenated alkanes) is 5. The highest BCUT2D eigenvalue weighted by Crippen LogP contribution is 2.19. The van der Waals surface area contributed by atoms with Crippen molar-refractivity contribution in [1.82, 2.24) is 0 Å². The molecule has 0 radical (unpaired) electrons. The Morgan fingerprint density at radius 3 is 1.11 bits per heavy atom. The van der Waals surface area contributed by atoms with E-state index in [1.165, 1.54) is 24.3 Å². The molecule has 0 saturated heterocycles. The quantitative estimate of drug-likeness (QED) is 0.408. The minimum absolute atomic E-state index is 0.111. The van der Waals surface area contributed by atoms with Crippen LogP contribution in [0.1, 0.15) is 38.5 Å². The first-order valence-electron chi connectivity index (χ1n) is 9.17. The lowest BCUT2D eigenvalue weighted by molar-refractivity contribution is 0.576. The zero-order valence-corrected chi connectivity index (χ0v) is 18.6. The van der Waals surface area contributed by atoms with Gasteiger partial charge in [-0.2, -0.15) is 0 Å². The Kier molecular flexibility index (Phi) is 8.81. The lowest BCUT2D eigenvalue weighted by Crippen LogP contribution is -2.07. The Morgan fingerprint density at radius 2 is 0.786 bits per heavy atom. The fourth-order valence-corrected chi connectivity index (χ4v) is 5.80. The maximum absolute atomic E-state index is 12.2. The summed E-state index contributed by atoms with van der Waals surface area (Å²) in [6.45, 7) is 0. The van der Waals surface area contributed by atoms with Crippen LogP contribution >= 0.6 is 23.2 Å². The van der Waals surface area contributed by atoms with Crippen molar-refractivity contribution in [3.05, 3.63) is 58.6 Å². The van der Waals surface area contributed by atoms with E-state index in [4.69, 9.17) is 23.2 Å². The molecule has 28 heavy (non-hydrogen) atoms. The number of benzene rings is 2. The number of hydrogen-bond donors (Lipinski definition) is 0. The van der Waals surface area contributed by atoms with Crippen molar-refractivity contribution in [1.29, 1.82) is 0 Å². The van der Waals surface area contributed by atoms with Crippen LogP contribution in [0, 0.1) is 0 Å². The van der Waals surface area contributed by atoms with Gasteiger partial charge in [-0.1, -0.05) is 48.9 Å². The van der Waals surface area contributed by atoms with E-state index in [9.17, 15) is 16.8 Å². The second kappa shape index (κ2) is 10.6. The van der Waals surface area contributed by atoms with E-state index in [0.717, 1.165) is 25.7 Å². The molecule has 0 aliphatic carbocycles. The van der Waals surface area contributed by atoms with Crippen molar-refractivity contribution >= 4 is 42.9 Å². The van der Waals surface area contributed by atoms with Gasteiger partial charge < -0.3 is 0 Å². The molecule has 0 heterocycles. The van der Waals surface area contributed by atoms with Gasteiger partial charge in [-0.3, -0.25) is 0 Å².